The number of para-hydroxylation sites is 1. The fraction of sp³-hybridized carbons (Fsp3) is 0.200. The van der Waals surface area contributed by atoms with Gasteiger partial charge in [-0.1, -0.05) is 36.9 Å². The van der Waals surface area contributed by atoms with Crippen LogP contribution < -0.4 is 5.56 Å². The molecule has 0 aliphatic carbocycles. The Hall–Kier alpha value is -1.59. The van der Waals surface area contributed by atoms with Crippen molar-refractivity contribution < 1.29 is 0 Å². The molecule has 0 aliphatic heterocycles. The van der Waals surface area contributed by atoms with Gasteiger partial charge in [0.25, 0.3) is 5.56 Å². The second kappa shape index (κ2) is 5.81. The molecule has 0 spiro atoms. The van der Waals surface area contributed by atoms with Gasteiger partial charge in [-0.05, 0) is 30.0 Å². The summed E-state index contributed by atoms with van der Waals surface area (Å²) in [4.78, 5) is 18.2. The van der Waals surface area contributed by atoms with E-state index in [0.717, 1.165) is 27.8 Å². The van der Waals surface area contributed by atoms with Gasteiger partial charge in [-0.3, -0.25) is 9.36 Å². The molecule has 0 unspecified atom stereocenters. The summed E-state index contributed by atoms with van der Waals surface area (Å²) in [5.41, 5.74) is 0.887. The number of nitrogens with zero attached hydrogens (tertiary/aromatic N) is 2. The van der Waals surface area contributed by atoms with E-state index in [4.69, 9.17) is 0 Å². The first-order valence-corrected chi connectivity index (χ1v) is 8.36. The number of thioether (sulfide) groups is 1. The molecular weight excluding hydrogens is 288 g/mol. The van der Waals surface area contributed by atoms with Crippen LogP contribution in [-0.4, -0.2) is 15.3 Å². The molecule has 1 aromatic carbocycles. The van der Waals surface area contributed by atoms with Crippen LogP contribution in [0.2, 0.25) is 0 Å². The maximum Gasteiger partial charge on any atom is 0.267 e. The van der Waals surface area contributed by atoms with E-state index in [9.17, 15) is 4.79 Å². The highest BCUT2D eigenvalue weighted by Gasteiger charge is 2.13. The molecule has 0 saturated carbocycles. The van der Waals surface area contributed by atoms with Gasteiger partial charge in [-0.15, -0.1) is 11.3 Å². The lowest BCUT2D eigenvalue weighted by Crippen LogP contribution is -2.21. The fourth-order valence-corrected chi connectivity index (χ4v) is 3.66. The monoisotopic (exact) mass is 302 g/mol. The topological polar surface area (TPSA) is 34.9 Å². The first-order valence-electron chi connectivity index (χ1n) is 6.49. The minimum atomic E-state index is 0.0149. The highest BCUT2D eigenvalue weighted by atomic mass is 32.2. The van der Waals surface area contributed by atoms with Crippen molar-refractivity contribution in [1.29, 1.82) is 0 Å². The van der Waals surface area contributed by atoms with Crippen molar-refractivity contribution in [3.05, 3.63) is 52.1 Å². The third kappa shape index (κ3) is 2.39. The summed E-state index contributed by atoms with van der Waals surface area (Å²) in [5, 5.41) is 3.39. The fourth-order valence-electron chi connectivity index (χ4n) is 1.99. The lowest BCUT2D eigenvalue weighted by atomic mass is 10.3. The zero-order chi connectivity index (χ0) is 13.9. The van der Waals surface area contributed by atoms with Gasteiger partial charge in [0.05, 0.1) is 11.1 Å². The van der Waals surface area contributed by atoms with E-state index in [1.807, 2.05) is 41.8 Å². The molecule has 102 valence electrons. The minimum Gasteiger partial charge on any atom is -0.268 e. The molecule has 0 bridgehead atoms. The van der Waals surface area contributed by atoms with Gasteiger partial charge in [0.1, 0.15) is 4.83 Å². The Morgan fingerprint density at radius 1 is 1.25 bits per heavy atom. The van der Waals surface area contributed by atoms with E-state index in [-0.39, 0.29) is 5.56 Å². The van der Waals surface area contributed by atoms with E-state index in [1.165, 1.54) is 11.3 Å². The number of aromatic nitrogens is 2. The number of hydrogen-bond donors (Lipinski definition) is 0. The van der Waals surface area contributed by atoms with Crippen LogP contribution in [0.25, 0.3) is 15.9 Å². The Morgan fingerprint density at radius 3 is 2.80 bits per heavy atom. The minimum absolute atomic E-state index is 0.0149. The Kier molecular flexibility index (Phi) is 3.89. The van der Waals surface area contributed by atoms with Crippen LogP contribution in [0.4, 0.5) is 0 Å². The van der Waals surface area contributed by atoms with Crippen LogP contribution in [0.1, 0.15) is 13.3 Å². The van der Waals surface area contributed by atoms with Crippen molar-refractivity contribution in [2.75, 3.05) is 5.75 Å². The predicted molar refractivity (Wildman–Crippen MR) is 86.2 cm³/mol. The van der Waals surface area contributed by atoms with Crippen molar-refractivity contribution >= 4 is 33.3 Å². The third-order valence-corrected chi connectivity index (χ3v) is 4.87. The number of thiophene rings is 1. The van der Waals surface area contributed by atoms with Crippen molar-refractivity contribution in [2.45, 2.75) is 18.5 Å². The van der Waals surface area contributed by atoms with E-state index < -0.39 is 0 Å². The van der Waals surface area contributed by atoms with Crippen LogP contribution in [0.5, 0.6) is 0 Å². The van der Waals surface area contributed by atoms with Crippen LogP contribution in [-0.2, 0) is 0 Å². The van der Waals surface area contributed by atoms with E-state index in [1.54, 1.807) is 16.3 Å². The quantitative estimate of drug-likeness (QED) is 0.540. The van der Waals surface area contributed by atoms with Gasteiger partial charge in [0.2, 0.25) is 0 Å². The van der Waals surface area contributed by atoms with Gasteiger partial charge in [0.15, 0.2) is 5.16 Å². The first-order chi connectivity index (χ1) is 9.81. The molecule has 0 aliphatic rings. The van der Waals surface area contributed by atoms with Crippen molar-refractivity contribution in [3.8, 4) is 5.69 Å². The number of rotatable bonds is 4. The molecule has 20 heavy (non-hydrogen) atoms. The smallest absolute Gasteiger partial charge is 0.267 e. The summed E-state index contributed by atoms with van der Waals surface area (Å²) >= 11 is 3.15. The Morgan fingerprint density at radius 2 is 2.05 bits per heavy atom. The largest absolute Gasteiger partial charge is 0.268 e. The Bertz CT molecular complexity index is 777. The summed E-state index contributed by atoms with van der Waals surface area (Å²) in [6, 6.07) is 11.6. The van der Waals surface area contributed by atoms with E-state index >= 15 is 0 Å². The molecule has 2 aromatic heterocycles. The molecule has 5 heteroatoms. The third-order valence-electron chi connectivity index (χ3n) is 2.92. The maximum atomic E-state index is 12.7. The summed E-state index contributed by atoms with van der Waals surface area (Å²) in [5.74, 6) is 0.955. The average molecular weight is 302 g/mol. The lowest BCUT2D eigenvalue weighted by molar-refractivity contribution is 0.821. The number of fused-ring (bicyclic) bond motifs is 1. The molecule has 3 aromatic rings. The number of hydrogen-bond acceptors (Lipinski definition) is 4. The number of benzene rings is 1. The average Bonchev–Trinajstić information content (AvgIpc) is 2.95. The molecular formula is C15H14N2OS2. The zero-order valence-corrected chi connectivity index (χ0v) is 12.7. The summed E-state index contributed by atoms with van der Waals surface area (Å²) in [6.45, 7) is 2.13. The highest BCUT2D eigenvalue weighted by molar-refractivity contribution is 7.99. The summed E-state index contributed by atoms with van der Waals surface area (Å²) in [6.07, 6.45) is 1.05. The second-order valence-electron chi connectivity index (χ2n) is 4.36. The highest BCUT2D eigenvalue weighted by Crippen LogP contribution is 2.23. The predicted octanol–water partition coefficient (Wildman–Crippen LogP) is 3.95. The van der Waals surface area contributed by atoms with Gasteiger partial charge in [-0.25, -0.2) is 4.98 Å². The van der Waals surface area contributed by atoms with Crippen LogP contribution in [0, 0.1) is 0 Å². The SMILES string of the molecule is CCCSc1nc2sccc2c(=O)n1-c1ccccc1. The van der Waals surface area contributed by atoms with Gasteiger partial charge in [-0.2, -0.15) is 0 Å². The summed E-state index contributed by atoms with van der Waals surface area (Å²) < 4.78 is 1.72. The molecule has 0 atom stereocenters. The molecule has 3 rings (SSSR count). The standard InChI is InChI=1S/C15H14N2OS2/c1-2-9-20-15-16-13-12(8-10-19-13)14(18)17(15)11-6-4-3-5-7-11/h3-8,10H,2,9H2,1H3. The normalized spacial score (nSPS) is 11.1. The molecule has 0 amide bonds. The molecule has 0 fully saturated rings. The second-order valence-corrected chi connectivity index (χ2v) is 6.32. The first kappa shape index (κ1) is 13.4. The van der Waals surface area contributed by atoms with Crippen LogP contribution >= 0.6 is 23.1 Å². The van der Waals surface area contributed by atoms with Gasteiger partial charge < -0.3 is 0 Å². The van der Waals surface area contributed by atoms with Crippen LogP contribution in [0.15, 0.2) is 51.7 Å². The summed E-state index contributed by atoms with van der Waals surface area (Å²) in [7, 11) is 0. The van der Waals surface area contributed by atoms with Crippen molar-refractivity contribution in [3.63, 3.8) is 0 Å². The molecule has 2 heterocycles. The molecule has 3 nitrogen and oxygen atoms in total. The van der Waals surface area contributed by atoms with Gasteiger partial charge >= 0.3 is 0 Å². The molecule has 0 N–H and O–H groups in total. The Labute approximate surface area is 125 Å². The van der Waals surface area contributed by atoms with E-state index in [2.05, 4.69) is 11.9 Å². The lowest BCUT2D eigenvalue weighted by Gasteiger charge is -2.11. The molecule has 0 radical (unpaired) electrons. The van der Waals surface area contributed by atoms with E-state index in [0.29, 0.717) is 5.39 Å². The molecule has 0 saturated heterocycles. The van der Waals surface area contributed by atoms with Crippen molar-refractivity contribution in [2.24, 2.45) is 0 Å². The zero-order valence-electron chi connectivity index (χ0n) is 11.1. The Balaban J connectivity index is 2.26. The van der Waals surface area contributed by atoms with Crippen LogP contribution in [0.3, 0.4) is 0 Å². The maximum absolute atomic E-state index is 12.7. The van der Waals surface area contributed by atoms with Crippen molar-refractivity contribution in [1.82, 2.24) is 9.55 Å². The van der Waals surface area contributed by atoms with Gasteiger partial charge in [0, 0.05) is 5.75 Å².